The number of aromatic nitrogens is 2. The molecule has 0 aliphatic heterocycles. The van der Waals surface area contributed by atoms with Gasteiger partial charge in [-0.1, -0.05) is 0 Å². The topological polar surface area (TPSA) is 48.6 Å². The molecule has 0 aromatic carbocycles. The van der Waals surface area contributed by atoms with Gasteiger partial charge in [0.15, 0.2) is 4.77 Å². The number of nitrogens with one attached hydrogen (secondary N) is 2. The van der Waals surface area contributed by atoms with Crippen molar-refractivity contribution in [1.82, 2.24) is 9.97 Å². The third-order valence-electron chi connectivity index (χ3n) is 0.830. The maximum Gasteiger partial charge on any atom is 0.251 e. The molecule has 0 radical (unpaired) electrons. The molecule has 0 unspecified atom stereocenters. The minimum atomic E-state index is -0.147. The molecule has 0 aliphatic carbocycles. The first-order valence-electron chi connectivity index (χ1n) is 2.48. The highest BCUT2D eigenvalue weighted by molar-refractivity contribution is 7.99. The van der Waals surface area contributed by atoms with Gasteiger partial charge in [-0.3, -0.25) is 9.78 Å². The number of hydrogen-bond acceptors (Lipinski definition) is 2. The van der Waals surface area contributed by atoms with Gasteiger partial charge in [0, 0.05) is 16.6 Å². The van der Waals surface area contributed by atoms with Crippen LogP contribution in [0, 0.1) is 4.77 Å². The van der Waals surface area contributed by atoms with Crippen molar-refractivity contribution in [2.45, 2.75) is 0 Å². The van der Waals surface area contributed by atoms with Gasteiger partial charge in [-0.05, 0) is 23.2 Å². The molecule has 0 atom stereocenters. The lowest BCUT2D eigenvalue weighted by atomic mass is 10.7. The second-order valence-electron chi connectivity index (χ2n) is 1.48. The van der Waals surface area contributed by atoms with Crippen molar-refractivity contribution in [3.63, 3.8) is 0 Å². The summed E-state index contributed by atoms with van der Waals surface area (Å²) in [5, 5.41) is 0. The Hall–Kier alpha value is -0.900. The van der Waals surface area contributed by atoms with Gasteiger partial charge in [0.2, 0.25) is 0 Å². The predicted octanol–water partition coefficient (Wildman–Crippen LogP) is 0.802. The van der Waals surface area contributed by atoms with Gasteiger partial charge >= 0.3 is 0 Å². The molecule has 2 N–H and O–H groups in total. The van der Waals surface area contributed by atoms with Crippen molar-refractivity contribution in [2.75, 3.05) is 0 Å². The maximum absolute atomic E-state index is 10.6. The summed E-state index contributed by atoms with van der Waals surface area (Å²) in [6.45, 7) is 0. The molecule has 0 aliphatic rings. The molecule has 52 valence electrons. The molecular weight excluding hydrogens is 168 g/mol. The van der Waals surface area contributed by atoms with E-state index in [9.17, 15) is 4.79 Å². The Morgan fingerprint density at radius 2 is 2.50 bits per heavy atom. The van der Waals surface area contributed by atoms with E-state index < -0.39 is 0 Å². The van der Waals surface area contributed by atoms with E-state index in [1.54, 1.807) is 6.20 Å². The van der Waals surface area contributed by atoms with Crippen LogP contribution >= 0.6 is 23.2 Å². The molecule has 0 spiro atoms. The van der Waals surface area contributed by atoms with E-state index in [4.69, 9.17) is 0 Å². The van der Waals surface area contributed by atoms with Crippen molar-refractivity contribution >= 4 is 27.5 Å². The number of rotatable bonds is 0. The fraction of sp³-hybridized carbons (Fsp3) is 0. The molecule has 1 rings (SSSR count). The van der Waals surface area contributed by atoms with Crippen LogP contribution in [0.2, 0.25) is 0 Å². The minimum absolute atomic E-state index is 0.147. The summed E-state index contributed by atoms with van der Waals surface area (Å²) < 4.78 is 3.01. The van der Waals surface area contributed by atoms with E-state index in [-0.39, 0.29) is 5.56 Å². The normalized spacial score (nSPS) is 8.40. The third-order valence-corrected chi connectivity index (χ3v) is 1.59. The Morgan fingerprint density at radius 1 is 1.70 bits per heavy atom. The molecule has 3 nitrogen and oxygen atoms in total. The molecule has 0 saturated carbocycles. The van der Waals surface area contributed by atoms with Gasteiger partial charge in [0.25, 0.3) is 5.56 Å². The Bertz CT molecular complexity index is 392. The van der Waals surface area contributed by atoms with Crippen LogP contribution < -0.4 is 5.56 Å². The smallest absolute Gasteiger partial charge is 0.251 e. The Kier molecular flexibility index (Phi) is 2.39. The zero-order valence-corrected chi connectivity index (χ0v) is 6.51. The third kappa shape index (κ3) is 1.80. The zero-order valence-electron chi connectivity index (χ0n) is 4.88. The van der Waals surface area contributed by atoms with Crippen LogP contribution in [0.3, 0.4) is 0 Å². The van der Waals surface area contributed by atoms with Crippen LogP contribution in [0.25, 0.3) is 0 Å². The van der Waals surface area contributed by atoms with Gasteiger partial charge in [0.05, 0.1) is 0 Å². The second-order valence-corrected chi connectivity index (χ2v) is 2.76. The largest absolute Gasteiger partial charge is 0.339 e. The quantitative estimate of drug-likeness (QED) is 0.569. The first kappa shape index (κ1) is 7.21. The lowest BCUT2D eigenvalue weighted by Gasteiger charge is -1.79. The van der Waals surface area contributed by atoms with Crippen LogP contribution in [-0.4, -0.2) is 14.3 Å². The van der Waals surface area contributed by atoms with Crippen molar-refractivity contribution in [2.24, 2.45) is 0 Å². The highest BCUT2D eigenvalue weighted by atomic mass is 32.1. The van der Waals surface area contributed by atoms with Crippen molar-refractivity contribution in [1.29, 1.82) is 0 Å². The molecule has 1 heterocycles. The average molecular weight is 172 g/mol. The number of H-pyrrole nitrogens is 2. The summed E-state index contributed by atoms with van der Waals surface area (Å²) in [6.07, 6.45) is 1.55. The van der Waals surface area contributed by atoms with Crippen molar-refractivity contribution in [3.8, 4) is 0 Å². The van der Waals surface area contributed by atoms with Gasteiger partial charge in [-0.25, -0.2) is 0 Å². The van der Waals surface area contributed by atoms with Crippen LogP contribution in [0.1, 0.15) is 0 Å². The summed E-state index contributed by atoms with van der Waals surface area (Å²) >= 11 is 4.45. The Balaban J connectivity index is 3.64. The second kappa shape index (κ2) is 3.31. The highest BCUT2D eigenvalue weighted by Gasteiger charge is 1.76. The number of aromatic amines is 2. The molecule has 0 bridgehead atoms. The zero-order chi connectivity index (χ0) is 7.40. The first-order chi connectivity index (χ1) is 4.83. The van der Waals surface area contributed by atoms with E-state index in [2.05, 4.69) is 26.5 Å². The molecule has 10 heavy (non-hydrogen) atoms. The Labute approximate surface area is 65.3 Å². The molecule has 0 fully saturated rings. The van der Waals surface area contributed by atoms with E-state index in [0.717, 1.165) is 10.9 Å². The summed E-state index contributed by atoms with van der Waals surface area (Å²) in [5.41, 5.74) is -0.147. The minimum Gasteiger partial charge on any atom is -0.339 e. The molecular formula is C5H4N2OS2. The van der Waals surface area contributed by atoms with Crippen LogP contribution in [0.5, 0.6) is 0 Å². The van der Waals surface area contributed by atoms with Gasteiger partial charge < -0.3 is 4.98 Å². The van der Waals surface area contributed by atoms with E-state index in [1.165, 1.54) is 6.07 Å². The fourth-order valence-electron chi connectivity index (χ4n) is 0.479. The summed E-state index contributed by atoms with van der Waals surface area (Å²) in [7, 11) is 1.14. The summed E-state index contributed by atoms with van der Waals surface area (Å²) in [5.74, 6) is 0. The van der Waals surface area contributed by atoms with Crippen LogP contribution in [0.4, 0.5) is 0 Å². The lowest BCUT2D eigenvalue weighted by Crippen LogP contribution is -2.02. The van der Waals surface area contributed by atoms with E-state index >= 15 is 0 Å². The highest BCUT2D eigenvalue weighted by Crippen LogP contribution is 1.73. The van der Waals surface area contributed by atoms with Gasteiger partial charge in [0.1, 0.15) is 0 Å². The van der Waals surface area contributed by atoms with Gasteiger partial charge in [-0.15, -0.1) is 0 Å². The first-order valence-corrected chi connectivity index (χ1v) is 3.70. The predicted molar refractivity (Wildman–Crippen MR) is 44.8 cm³/mol. The number of hydrogen-bond donors (Lipinski definition) is 2. The molecule has 5 heteroatoms. The van der Waals surface area contributed by atoms with Crippen molar-refractivity contribution in [3.05, 3.63) is 27.4 Å². The van der Waals surface area contributed by atoms with Crippen LogP contribution in [0.15, 0.2) is 17.1 Å². The van der Waals surface area contributed by atoms with E-state index in [0.29, 0.717) is 4.77 Å². The monoisotopic (exact) mass is 172 g/mol. The lowest BCUT2D eigenvalue weighted by molar-refractivity contribution is 1.09. The van der Waals surface area contributed by atoms with Gasteiger partial charge in [-0.2, -0.15) is 0 Å². The average Bonchev–Trinajstić information content (AvgIpc) is 1.88. The van der Waals surface area contributed by atoms with Crippen LogP contribution in [-0.2, 0) is 0 Å². The fourth-order valence-corrected chi connectivity index (χ4v) is 1.09. The summed E-state index contributed by atoms with van der Waals surface area (Å²) in [6, 6.07) is 1.40. The maximum atomic E-state index is 10.6. The molecule has 1 aromatic heterocycles. The molecule has 0 amide bonds. The molecule has 1 aromatic rings. The van der Waals surface area contributed by atoms with Crippen molar-refractivity contribution < 1.29 is 0 Å². The standard InChI is InChI=1S/C5H4N2OS2/c8-4-1-2-6-5(7-4)10-3-9/h1-2,6H,(H,7,8). The SMILES string of the molecule is O=c1cc[nH]c(=S=C=S)[nH]1. The Morgan fingerprint density at radius 3 is 3.10 bits per heavy atom. The molecule has 0 saturated heterocycles. The number of thiocarbonyl (C=S) groups is 1. The van der Waals surface area contributed by atoms with E-state index in [1.807, 2.05) is 0 Å². The summed E-state index contributed by atoms with van der Waals surface area (Å²) in [4.78, 5) is 15.9.